The van der Waals surface area contributed by atoms with Gasteiger partial charge in [0.05, 0.1) is 0 Å². The number of hydrogen-bond acceptors (Lipinski definition) is 0. The molecule has 0 N–H and O–H groups in total. The van der Waals surface area contributed by atoms with Gasteiger partial charge in [0.1, 0.15) is 0 Å². The normalized spacial score (nSPS) is 14.7. The van der Waals surface area contributed by atoms with Crippen LogP contribution in [-0.4, -0.2) is 11.3 Å². The molecule has 4 aromatic carbocycles. The summed E-state index contributed by atoms with van der Waals surface area (Å²) in [6.07, 6.45) is 0. The highest BCUT2D eigenvalue weighted by molar-refractivity contribution is 7.74. The fourth-order valence-electron chi connectivity index (χ4n) is 6.70. The highest BCUT2D eigenvalue weighted by Gasteiger charge is 2.42. The smallest absolute Gasteiger partial charge is 0.00997 e. The number of rotatable bonds is 8. The van der Waals surface area contributed by atoms with Gasteiger partial charge >= 0.3 is 0 Å². The van der Waals surface area contributed by atoms with Crippen LogP contribution in [0.5, 0.6) is 0 Å². The third-order valence-electron chi connectivity index (χ3n) is 11.0. The lowest BCUT2D eigenvalue weighted by molar-refractivity contribution is 0.356. The van der Waals surface area contributed by atoms with Crippen LogP contribution in [0.25, 0.3) is 0 Å². The Morgan fingerprint density at radius 1 is 0.306 bits per heavy atom. The second-order valence-electron chi connectivity index (χ2n) is 19.1. The van der Waals surface area contributed by atoms with Crippen LogP contribution in [0.3, 0.4) is 0 Å². The molecule has 2 atom stereocenters. The van der Waals surface area contributed by atoms with Gasteiger partial charge in [0.25, 0.3) is 0 Å². The molecule has 0 aliphatic carbocycles. The zero-order valence-corrected chi connectivity index (χ0v) is 35.6. The van der Waals surface area contributed by atoms with E-state index in [2.05, 4.69) is 208 Å². The van der Waals surface area contributed by atoms with Crippen LogP contribution in [-0.2, 0) is 21.7 Å². The predicted octanol–water partition coefficient (Wildman–Crippen LogP) is 12.2. The van der Waals surface area contributed by atoms with Crippen LogP contribution in [0, 0.1) is 5.41 Å². The van der Waals surface area contributed by atoms with Crippen LogP contribution in [0.4, 0.5) is 0 Å². The van der Waals surface area contributed by atoms with Gasteiger partial charge in [-0.05, 0) is 97.7 Å². The summed E-state index contributed by atoms with van der Waals surface area (Å²) in [7, 11) is -1.24. The topological polar surface area (TPSA) is 0 Å². The highest BCUT2D eigenvalue weighted by Crippen LogP contribution is 2.56. The van der Waals surface area contributed by atoms with E-state index < -0.39 is 15.8 Å². The second kappa shape index (κ2) is 14.4. The van der Waals surface area contributed by atoms with E-state index in [1.54, 1.807) is 0 Å². The minimum atomic E-state index is -0.622. The lowest BCUT2D eigenvalue weighted by atomic mass is 9.86. The van der Waals surface area contributed by atoms with Crippen LogP contribution in [0.1, 0.15) is 133 Å². The molecule has 49 heavy (non-hydrogen) atoms. The quantitative estimate of drug-likeness (QED) is 0.161. The van der Waals surface area contributed by atoms with Gasteiger partial charge < -0.3 is 0 Å². The molecule has 0 nitrogen and oxygen atoms in total. The molecule has 264 valence electrons. The van der Waals surface area contributed by atoms with Crippen molar-refractivity contribution < 1.29 is 0 Å². The molecule has 0 spiro atoms. The molecule has 0 amide bonds. The molecule has 0 fully saturated rings. The molecule has 0 saturated carbocycles. The average molecular weight is 693 g/mol. The van der Waals surface area contributed by atoms with Gasteiger partial charge in [0, 0.05) is 0 Å². The molecule has 2 unspecified atom stereocenters. The zero-order valence-electron chi connectivity index (χ0n) is 33.8. The molecule has 4 aromatic rings. The standard InChI is InChI=1S/C47H66P2/c1-33(48(39-25-17-35(18-26-39)43(3,4)5)40-27-19-36(20-28-40)44(6,7)8)47(15,16)34(2)49(41-29-21-37(22-30-41)45(9,10)11)42-31-23-38(24-32-42)46(12,13)14/h17-34H,1-16H3. The van der Waals surface area contributed by atoms with Crippen molar-refractivity contribution in [2.45, 2.75) is 144 Å². The first kappa shape index (κ1) is 39.5. The summed E-state index contributed by atoms with van der Waals surface area (Å²) in [5.74, 6) is 0. The Morgan fingerprint density at radius 2 is 0.469 bits per heavy atom. The van der Waals surface area contributed by atoms with Crippen molar-refractivity contribution >= 4 is 37.1 Å². The molecular formula is C47H66P2. The van der Waals surface area contributed by atoms with E-state index in [0.717, 1.165) is 0 Å². The highest BCUT2D eigenvalue weighted by atomic mass is 31.1. The molecule has 0 saturated heterocycles. The van der Waals surface area contributed by atoms with Crippen molar-refractivity contribution in [2.75, 3.05) is 0 Å². The fourth-order valence-corrected chi connectivity index (χ4v) is 12.9. The first-order valence-electron chi connectivity index (χ1n) is 18.4. The van der Waals surface area contributed by atoms with E-state index in [9.17, 15) is 0 Å². The maximum Gasteiger partial charge on any atom is -0.00997 e. The predicted molar refractivity (Wildman–Crippen MR) is 226 cm³/mol. The van der Waals surface area contributed by atoms with Crippen LogP contribution < -0.4 is 21.2 Å². The minimum absolute atomic E-state index is 0.0498. The molecule has 0 radical (unpaired) electrons. The Morgan fingerprint density at radius 3 is 0.612 bits per heavy atom. The monoisotopic (exact) mass is 692 g/mol. The average Bonchev–Trinajstić information content (AvgIpc) is 3.00. The van der Waals surface area contributed by atoms with E-state index in [4.69, 9.17) is 0 Å². The Kier molecular flexibility index (Phi) is 11.6. The summed E-state index contributed by atoms with van der Waals surface area (Å²) in [5.41, 5.74) is 7.08. The molecule has 2 heteroatoms. The van der Waals surface area contributed by atoms with E-state index in [0.29, 0.717) is 11.3 Å². The van der Waals surface area contributed by atoms with Gasteiger partial charge in [-0.2, -0.15) is 0 Å². The zero-order chi connectivity index (χ0) is 36.7. The van der Waals surface area contributed by atoms with Gasteiger partial charge in [-0.1, -0.05) is 208 Å². The third-order valence-corrected chi connectivity index (χ3v) is 17.3. The van der Waals surface area contributed by atoms with Crippen molar-refractivity contribution in [2.24, 2.45) is 5.41 Å². The summed E-state index contributed by atoms with van der Waals surface area (Å²) in [6.45, 7) is 38.0. The number of hydrogen-bond donors (Lipinski definition) is 0. The number of benzene rings is 4. The van der Waals surface area contributed by atoms with Crippen LogP contribution in [0.2, 0.25) is 0 Å². The van der Waals surface area contributed by atoms with Crippen molar-refractivity contribution in [3.05, 3.63) is 119 Å². The minimum Gasteiger partial charge on any atom is -0.0587 e. The maximum absolute atomic E-state index is 2.56. The van der Waals surface area contributed by atoms with Gasteiger partial charge in [0.2, 0.25) is 0 Å². The Hall–Kier alpha value is -2.26. The summed E-state index contributed by atoms with van der Waals surface area (Å²) >= 11 is 0. The van der Waals surface area contributed by atoms with Gasteiger partial charge in [-0.25, -0.2) is 0 Å². The molecule has 0 aliphatic rings. The van der Waals surface area contributed by atoms with E-state index in [-0.39, 0.29) is 27.1 Å². The Labute approximate surface area is 304 Å². The third kappa shape index (κ3) is 9.16. The van der Waals surface area contributed by atoms with Crippen molar-refractivity contribution in [3.8, 4) is 0 Å². The summed E-state index contributed by atoms with van der Waals surface area (Å²) < 4.78 is 0. The second-order valence-corrected chi connectivity index (χ2v) is 24.2. The largest absolute Gasteiger partial charge is 0.0587 e. The van der Waals surface area contributed by atoms with Crippen molar-refractivity contribution in [1.29, 1.82) is 0 Å². The first-order valence-corrected chi connectivity index (χ1v) is 21.2. The summed E-state index contributed by atoms with van der Waals surface area (Å²) in [4.78, 5) is 0. The van der Waals surface area contributed by atoms with Crippen molar-refractivity contribution in [1.82, 2.24) is 0 Å². The van der Waals surface area contributed by atoms with E-state index in [1.807, 2.05) is 0 Å². The van der Waals surface area contributed by atoms with Gasteiger partial charge in [0.15, 0.2) is 0 Å². The van der Waals surface area contributed by atoms with Crippen LogP contribution in [0.15, 0.2) is 97.1 Å². The maximum atomic E-state index is 2.56. The lowest BCUT2D eigenvalue weighted by Gasteiger charge is -2.46. The molecule has 0 aliphatic heterocycles. The molecule has 0 bridgehead atoms. The van der Waals surface area contributed by atoms with Gasteiger partial charge in [-0.3, -0.25) is 0 Å². The Balaban J connectivity index is 1.84. The van der Waals surface area contributed by atoms with Gasteiger partial charge in [-0.15, -0.1) is 0 Å². The lowest BCUT2D eigenvalue weighted by Crippen LogP contribution is -2.41. The molecule has 0 aromatic heterocycles. The van der Waals surface area contributed by atoms with E-state index >= 15 is 0 Å². The molecule has 4 rings (SSSR count). The summed E-state index contributed by atoms with van der Waals surface area (Å²) in [6, 6.07) is 38.7. The summed E-state index contributed by atoms with van der Waals surface area (Å²) in [5, 5.41) is 5.92. The Bertz CT molecular complexity index is 1400. The van der Waals surface area contributed by atoms with Crippen LogP contribution >= 0.6 is 15.8 Å². The SMILES string of the molecule is CC(P(c1ccc(C(C)(C)C)cc1)c1ccc(C(C)(C)C)cc1)C(C)(C)C(C)P(c1ccc(C(C)(C)C)cc1)c1ccc(C(C)(C)C)cc1. The fraction of sp³-hybridized carbons (Fsp3) is 0.489. The van der Waals surface area contributed by atoms with Crippen molar-refractivity contribution in [3.63, 3.8) is 0 Å². The molecular weight excluding hydrogens is 626 g/mol. The van der Waals surface area contributed by atoms with E-state index in [1.165, 1.54) is 43.5 Å². The first-order chi connectivity index (χ1) is 22.4. The molecule has 0 heterocycles.